The smallest absolute Gasteiger partial charge is 0.223 e. The van der Waals surface area contributed by atoms with Crippen LogP contribution >= 0.6 is 11.3 Å². The predicted octanol–water partition coefficient (Wildman–Crippen LogP) is 0.926. The standard InChI is InChI=1S/C14H19N5OS/c1-15-8-11-13(16-14-19(11)6-7-21-14)17-4-5-18-10(9-17)2-3-12(18)20/h6-7,10,15H,2-5,8-9H2,1H3. The van der Waals surface area contributed by atoms with Crippen molar-refractivity contribution in [3.8, 4) is 0 Å². The van der Waals surface area contributed by atoms with Crippen LogP contribution in [0, 0.1) is 0 Å². The van der Waals surface area contributed by atoms with E-state index in [0.29, 0.717) is 18.4 Å². The third kappa shape index (κ3) is 2.03. The summed E-state index contributed by atoms with van der Waals surface area (Å²) < 4.78 is 2.17. The Hall–Kier alpha value is -1.60. The number of amides is 1. The highest BCUT2D eigenvalue weighted by Gasteiger charge is 2.36. The molecule has 2 aliphatic rings. The summed E-state index contributed by atoms with van der Waals surface area (Å²) in [5.74, 6) is 1.40. The summed E-state index contributed by atoms with van der Waals surface area (Å²) in [4.78, 5) is 22.1. The zero-order valence-electron chi connectivity index (χ0n) is 12.1. The quantitative estimate of drug-likeness (QED) is 0.916. The van der Waals surface area contributed by atoms with E-state index in [9.17, 15) is 4.79 Å². The van der Waals surface area contributed by atoms with Gasteiger partial charge in [0.1, 0.15) is 0 Å². The fourth-order valence-corrected chi connectivity index (χ4v) is 4.19. The summed E-state index contributed by atoms with van der Waals surface area (Å²) in [7, 11) is 1.96. The Morgan fingerprint density at radius 1 is 1.48 bits per heavy atom. The monoisotopic (exact) mass is 305 g/mol. The maximum absolute atomic E-state index is 11.8. The lowest BCUT2D eigenvalue weighted by Crippen LogP contribution is -2.51. The van der Waals surface area contributed by atoms with Crippen molar-refractivity contribution >= 4 is 28.0 Å². The maximum atomic E-state index is 11.8. The van der Waals surface area contributed by atoms with Crippen LogP contribution < -0.4 is 10.2 Å². The summed E-state index contributed by atoms with van der Waals surface area (Å²) in [5, 5.41) is 5.31. The first kappa shape index (κ1) is 13.1. The Balaban J connectivity index is 1.65. The molecule has 0 aliphatic carbocycles. The Bertz CT molecular complexity index is 678. The molecule has 0 bridgehead atoms. The second kappa shape index (κ2) is 4.99. The molecular weight excluding hydrogens is 286 g/mol. The van der Waals surface area contributed by atoms with Crippen LogP contribution in [0.1, 0.15) is 18.5 Å². The molecule has 0 saturated carbocycles. The van der Waals surface area contributed by atoms with Crippen LogP contribution in [-0.4, -0.2) is 52.9 Å². The Morgan fingerprint density at radius 2 is 2.38 bits per heavy atom. The average molecular weight is 305 g/mol. The Morgan fingerprint density at radius 3 is 3.24 bits per heavy atom. The minimum atomic E-state index is 0.320. The number of thiazole rings is 1. The molecule has 4 rings (SSSR count). The van der Waals surface area contributed by atoms with Crippen LogP contribution in [0.25, 0.3) is 4.96 Å². The van der Waals surface area contributed by atoms with E-state index in [1.807, 2.05) is 11.9 Å². The number of fused-ring (bicyclic) bond motifs is 2. The topological polar surface area (TPSA) is 52.9 Å². The lowest BCUT2D eigenvalue weighted by molar-refractivity contribution is -0.129. The van der Waals surface area contributed by atoms with E-state index in [2.05, 4.69) is 26.2 Å². The molecule has 2 aliphatic heterocycles. The zero-order valence-corrected chi connectivity index (χ0v) is 12.9. The third-order valence-electron chi connectivity index (χ3n) is 4.48. The molecule has 1 N–H and O–H groups in total. The molecule has 1 amide bonds. The molecule has 0 aromatic carbocycles. The number of nitrogens with one attached hydrogen (secondary N) is 1. The van der Waals surface area contributed by atoms with Crippen LogP contribution in [0.15, 0.2) is 11.6 Å². The first-order valence-corrected chi connectivity index (χ1v) is 8.29. The summed E-state index contributed by atoms with van der Waals surface area (Å²) >= 11 is 1.66. The molecule has 6 nitrogen and oxygen atoms in total. The van der Waals surface area contributed by atoms with Crippen molar-refractivity contribution in [3.63, 3.8) is 0 Å². The van der Waals surface area contributed by atoms with Crippen LogP contribution in [0.2, 0.25) is 0 Å². The lowest BCUT2D eigenvalue weighted by Gasteiger charge is -2.38. The van der Waals surface area contributed by atoms with E-state index < -0.39 is 0 Å². The van der Waals surface area contributed by atoms with Gasteiger partial charge < -0.3 is 15.1 Å². The molecular formula is C14H19N5OS. The highest BCUT2D eigenvalue weighted by atomic mass is 32.1. The van der Waals surface area contributed by atoms with Crippen LogP contribution in [0.5, 0.6) is 0 Å². The van der Waals surface area contributed by atoms with E-state index in [0.717, 1.165) is 43.4 Å². The number of hydrogen-bond donors (Lipinski definition) is 1. The van der Waals surface area contributed by atoms with Gasteiger partial charge in [-0.1, -0.05) is 0 Å². The van der Waals surface area contributed by atoms with Crippen molar-refractivity contribution in [1.29, 1.82) is 0 Å². The van der Waals surface area contributed by atoms with Crippen LogP contribution in [0.3, 0.4) is 0 Å². The summed E-state index contributed by atoms with van der Waals surface area (Å²) in [6.07, 6.45) is 3.78. The van der Waals surface area contributed by atoms with E-state index in [1.54, 1.807) is 11.3 Å². The number of rotatable bonds is 3. The molecule has 0 radical (unpaired) electrons. The van der Waals surface area contributed by atoms with Crippen molar-refractivity contribution in [1.82, 2.24) is 19.6 Å². The Kier molecular flexibility index (Phi) is 3.11. The normalized spacial score (nSPS) is 22.3. The first-order valence-electron chi connectivity index (χ1n) is 7.41. The number of hydrogen-bond acceptors (Lipinski definition) is 5. The van der Waals surface area contributed by atoms with Gasteiger partial charge in [-0.15, -0.1) is 11.3 Å². The van der Waals surface area contributed by atoms with Gasteiger partial charge in [-0.2, -0.15) is 0 Å². The first-order chi connectivity index (χ1) is 10.3. The summed E-state index contributed by atoms with van der Waals surface area (Å²) in [5.41, 5.74) is 1.21. The van der Waals surface area contributed by atoms with Crippen LogP contribution in [0.4, 0.5) is 5.82 Å². The molecule has 7 heteroatoms. The third-order valence-corrected chi connectivity index (χ3v) is 5.23. The van der Waals surface area contributed by atoms with Crippen molar-refractivity contribution < 1.29 is 4.79 Å². The van der Waals surface area contributed by atoms with Gasteiger partial charge in [-0.25, -0.2) is 4.98 Å². The van der Waals surface area contributed by atoms with Crippen LogP contribution in [-0.2, 0) is 11.3 Å². The SMILES string of the molecule is CNCc1c(N2CCN3C(=O)CCC3C2)nc2sccn12. The van der Waals surface area contributed by atoms with Gasteiger partial charge in [-0.05, 0) is 13.5 Å². The van der Waals surface area contributed by atoms with Gasteiger partial charge in [0.25, 0.3) is 0 Å². The molecule has 21 heavy (non-hydrogen) atoms. The van der Waals surface area contributed by atoms with Gasteiger partial charge >= 0.3 is 0 Å². The van der Waals surface area contributed by atoms with Crippen molar-refractivity contribution in [2.24, 2.45) is 0 Å². The number of imidazole rings is 1. The van der Waals surface area contributed by atoms with Gasteiger partial charge in [-0.3, -0.25) is 9.20 Å². The summed E-state index contributed by atoms with van der Waals surface area (Å²) in [6, 6.07) is 0.369. The minimum absolute atomic E-state index is 0.320. The predicted molar refractivity (Wildman–Crippen MR) is 82.8 cm³/mol. The van der Waals surface area contributed by atoms with Crippen molar-refractivity contribution in [2.75, 3.05) is 31.6 Å². The highest BCUT2D eigenvalue weighted by molar-refractivity contribution is 7.15. The van der Waals surface area contributed by atoms with Gasteiger partial charge in [0.15, 0.2) is 10.8 Å². The second-order valence-corrected chi connectivity index (χ2v) is 6.57. The lowest BCUT2D eigenvalue weighted by atomic mass is 10.1. The number of anilines is 1. The number of piperazine rings is 1. The van der Waals surface area contributed by atoms with Gasteiger partial charge in [0.2, 0.25) is 5.91 Å². The minimum Gasteiger partial charge on any atom is -0.351 e. The fourth-order valence-electron chi connectivity index (χ4n) is 3.46. The fraction of sp³-hybridized carbons (Fsp3) is 0.571. The molecule has 4 heterocycles. The molecule has 2 fully saturated rings. The van der Waals surface area contributed by atoms with E-state index in [4.69, 9.17) is 4.98 Å². The second-order valence-electron chi connectivity index (χ2n) is 5.69. The van der Waals surface area contributed by atoms with Gasteiger partial charge in [0, 0.05) is 50.2 Å². The molecule has 112 valence electrons. The number of carbonyl (C=O) groups is 1. The Labute approximate surface area is 127 Å². The number of nitrogens with zero attached hydrogens (tertiary/aromatic N) is 4. The molecule has 2 aromatic heterocycles. The van der Waals surface area contributed by atoms with E-state index in [-0.39, 0.29) is 0 Å². The highest BCUT2D eigenvalue weighted by Crippen LogP contribution is 2.29. The molecule has 2 saturated heterocycles. The molecule has 1 atom stereocenters. The van der Waals surface area contributed by atoms with E-state index in [1.165, 1.54) is 5.69 Å². The van der Waals surface area contributed by atoms with Gasteiger partial charge in [0.05, 0.1) is 5.69 Å². The number of carbonyl (C=O) groups excluding carboxylic acids is 1. The molecule has 0 spiro atoms. The summed E-state index contributed by atoms with van der Waals surface area (Å²) in [6.45, 7) is 3.42. The molecule has 2 aromatic rings. The van der Waals surface area contributed by atoms with Crippen molar-refractivity contribution in [2.45, 2.75) is 25.4 Å². The zero-order chi connectivity index (χ0) is 14.4. The van der Waals surface area contributed by atoms with E-state index >= 15 is 0 Å². The molecule has 1 unspecified atom stereocenters. The van der Waals surface area contributed by atoms with Crippen molar-refractivity contribution in [3.05, 3.63) is 17.3 Å². The maximum Gasteiger partial charge on any atom is 0.223 e. The number of aromatic nitrogens is 2. The average Bonchev–Trinajstić information content (AvgIpc) is 3.16. The largest absolute Gasteiger partial charge is 0.351 e.